The maximum atomic E-state index is 13.1. The van der Waals surface area contributed by atoms with Crippen molar-refractivity contribution in [3.8, 4) is 0 Å². The maximum Gasteiger partial charge on any atom is 0.410 e. The van der Waals surface area contributed by atoms with Gasteiger partial charge in [0.15, 0.2) is 11.6 Å². The molecule has 4 nitrogen and oxygen atoms in total. The highest BCUT2D eigenvalue weighted by Gasteiger charge is 2.29. The van der Waals surface area contributed by atoms with Gasteiger partial charge >= 0.3 is 6.09 Å². The predicted octanol–water partition coefficient (Wildman–Crippen LogP) is 3.39. The summed E-state index contributed by atoms with van der Waals surface area (Å²) in [6.45, 7) is 6.51. The van der Waals surface area contributed by atoms with Gasteiger partial charge in [0.1, 0.15) is 5.60 Å². The van der Waals surface area contributed by atoms with E-state index in [1.165, 1.54) is 6.07 Å². The van der Waals surface area contributed by atoms with E-state index in [-0.39, 0.29) is 12.1 Å². The summed E-state index contributed by atoms with van der Waals surface area (Å²) >= 11 is 0. The third-order valence-electron chi connectivity index (χ3n) is 3.13. The van der Waals surface area contributed by atoms with Crippen LogP contribution in [0.15, 0.2) is 18.2 Å². The van der Waals surface area contributed by atoms with Crippen molar-refractivity contribution in [3.05, 3.63) is 29.8 Å². The van der Waals surface area contributed by atoms with Crippen molar-refractivity contribution < 1.29 is 18.3 Å². The predicted molar refractivity (Wildman–Crippen MR) is 76.2 cm³/mol. The molecule has 0 bridgehead atoms. The second-order valence-electron chi connectivity index (χ2n) is 6.19. The van der Waals surface area contributed by atoms with Crippen molar-refractivity contribution >= 4 is 11.8 Å². The number of halogens is 2. The molecule has 2 rings (SSSR count). The smallest absolute Gasteiger partial charge is 0.410 e. The number of hydrogen-bond donors (Lipinski definition) is 1. The first-order valence-corrected chi connectivity index (χ1v) is 6.94. The number of ether oxygens (including phenoxy) is 1. The number of nitrogens with zero attached hydrogens (tertiary/aromatic N) is 1. The minimum atomic E-state index is -0.887. The Kier molecular flexibility index (Phi) is 4.34. The zero-order chi connectivity index (χ0) is 15.6. The number of carbonyl (C=O) groups is 1. The van der Waals surface area contributed by atoms with Crippen LogP contribution in [0.1, 0.15) is 27.2 Å². The summed E-state index contributed by atoms with van der Waals surface area (Å²) < 4.78 is 31.3. The number of anilines is 1. The second-order valence-corrected chi connectivity index (χ2v) is 6.19. The molecule has 0 aromatic heterocycles. The molecule has 1 amide bonds. The lowest BCUT2D eigenvalue weighted by Crippen LogP contribution is -2.36. The molecule has 1 aliphatic rings. The topological polar surface area (TPSA) is 41.6 Å². The Hall–Kier alpha value is -1.85. The Morgan fingerprint density at radius 3 is 2.67 bits per heavy atom. The number of likely N-dealkylation sites (tertiary alicyclic amines) is 1. The van der Waals surface area contributed by atoms with E-state index < -0.39 is 17.2 Å². The number of nitrogens with one attached hydrogen (secondary N) is 1. The molecule has 21 heavy (non-hydrogen) atoms. The Morgan fingerprint density at radius 2 is 2.05 bits per heavy atom. The standard InChI is InChI=1S/C15H20F2N2O2/c1-15(2,3)21-14(20)19-7-6-11(9-19)18-10-4-5-12(16)13(17)8-10/h4-5,8,11,18H,6-7,9H2,1-3H3. The molecule has 1 aromatic carbocycles. The number of amides is 1. The van der Waals surface area contributed by atoms with Crippen LogP contribution < -0.4 is 5.32 Å². The van der Waals surface area contributed by atoms with Gasteiger partial charge in [0.05, 0.1) is 0 Å². The first-order chi connectivity index (χ1) is 9.74. The second kappa shape index (κ2) is 5.87. The zero-order valence-corrected chi connectivity index (χ0v) is 12.5. The Morgan fingerprint density at radius 1 is 1.33 bits per heavy atom. The SMILES string of the molecule is CC(C)(C)OC(=O)N1CCC(Nc2ccc(F)c(F)c2)C1. The molecule has 0 saturated carbocycles. The molecule has 1 atom stereocenters. The van der Waals surface area contributed by atoms with Gasteiger partial charge in [-0.2, -0.15) is 0 Å². The van der Waals surface area contributed by atoms with Crippen LogP contribution in [-0.4, -0.2) is 35.7 Å². The van der Waals surface area contributed by atoms with Crippen LogP contribution in [0.2, 0.25) is 0 Å². The van der Waals surface area contributed by atoms with Gasteiger partial charge in [-0.15, -0.1) is 0 Å². The van der Waals surface area contributed by atoms with Crippen molar-refractivity contribution in [2.45, 2.75) is 38.8 Å². The van der Waals surface area contributed by atoms with Crippen LogP contribution in [0, 0.1) is 11.6 Å². The summed E-state index contributed by atoms with van der Waals surface area (Å²) in [5.74, 6) is -1.76. The quantitative estimate of drug-likeness (QED) is 0.910. The largest absolute Gasteiger partial charge is 0.444 e. The molecular weight excluding hydrogens is 278 g/mol. The lowest BCUT2D eigenvalue weighted by Gasteiger charge is -2.24. The molecule has 1 unspecified atom stereocenters. The molecule has 0 spiro atoms. The number of benzene rings is 1. The molecule has 1 aliphatic heterocycles. The highest BCUT2D eigenvalue weighted by atomic mass is 19.2. The highest BCUT2D eigenvalue weighted by Crippen LogP contribution is 2.20. The normalized spacial score (nSPS) is 18.7. The molecule has 1 N–H and O–H groups in total. The van der Waals surface area contributed by atoms with Crippen LogP contribution in [0.5, 0.6) is 0 Å². The summed E-state index contributed by atoms with van der Waals surface area (Å²) in [6, 6.07) is 3.68. The number of rotatable bonds is 2. The summed E-state index contributed by atoms with van der Waals surface area (Å²) in [4.78, 5) is 13.5. The van der Waals surface area contributed by atoms with Crippen molar-refractivity contribution in [2.24, 2.45) is 0 Å². The van der Waals surface area contributed by atoms with Gasteiger partial charge in [-0.25, -0.2) is 13.6 Å². The number of carbonyl (C=O) groups excluding carboxylic acids is 1. The van der Waals surface area contributed by atoms with E-state index in [2.05, 4.69) is 5.32 Å². The van der Waals surface area contributed by atoms with Gasteiger partial charge in [0, 0.05) is 30.9 Å². The van der Waals surface area contributed by atoms with Crippen LogP contribution in [0.4, 0.5) is 19.3 Å². The summed E-state index contributed by atoms with van der Waals surface area (Å²) in [5.41, 5.74) is -0.0205. The van der Waals surface area contributed by atoms with Gasteiger partial charge < -0.3 is 15.0 Å². The first-order valence-electron chi connectivity index (χ1n) is 6.94. The molecule has 6 heteroatoms. The molecule has 1 saturated heterocycles. The van der Waals surface area contributed by atoms with Crippen LogP contribution >= 0.6 is 0 Å². The third kappa shape index (κ3) is 4.31. The van der Waals surface area contributed by atoms with E-state index >= 15 is 0 Å². The first kappa shape index (κ1) is 15.5. The Balaban J connectivity index is 1.90. The molecule has 1 fully saturated rings. The minimum absolute atomic E-state index is 0.00220. The van der Waals surface area contributed by atoms with Crippen LogP contribution in [-0.2, 0) is 4.74 Å². The van der Waals surface area contributed by atoms with Gasteiger partial charge in [-0.05, 0) is 39.3 Å². The zero-order valence-electron chi connectivity index (χ0n) is 12.5. The van der Waals surface area contributed by atoms with Crippen molar-refractivity contribution in [1.29, 1.82) is 0 Å². The Bertz CT molecular complexity index is 529. The van der Waals surface area contributed by atoms with E-state index in [1.54, 1.807) is 4.90 Å². The van der Waals surface area contributed by atoms with Gasteiger partial charge in [0.2, 0.25) is 0 Å². The van der Waals surface area contributed by atoms with E-state index in [1.807, 2.05) is 20.8 Å². The van der Waals surface area contributed by atoms with Gasteiger partial charge in [0.25, 0.3) is 0 Å². The average molecular weight is 298 g/mol. The fourth-order valence-corrected chi connectivity index (χ4v) is 2.19. The molecule has 0 aliphatic carbocycles. The summed E-state index contributed by atoms with van der Waals surface area (Å²) in [5, 5.41) is 3.10. The van der Waals surface area contributed by atoms with Gasteiger partial charge in [-0.1, -0.05) is 0 Å². The fourth-order valence-electron chi connectivity index (χ4n) is 2.19. The van der Waals surface area contributed by atoms with Gasteiger partial charge in [-0.3, -0.25) is 0 Å². The summed E-state index contributed by atoms with van der Waals surface area (Å²) in [7, 11) is 0. The molecule has 1 aromatic rings. The van der Waals surface area contributed by atoms with Crippen LogP contribution in [0.25, 0.3) is 0 Å². The Labute approximate surface area is 123 Å². The van der Waals surface area contributed by atoms with Crippen molar-refractivity contribution in [3.63, 3.8) is 0 Å². The lowest BCUT2D eigenvalue weighted by atomic mass is 10.2. The lowest BCUT2D eigenvalue weighted by molar-refractivity contribution is 0.0293. The molecule has 0 radical (unpaired) electrons. The van der Waals surface area contributed by atoms with E-state index in [4.69, 9.17) is 4.74 Å². The van der Waals surface area contributed by atoms with E-state index in [0.717, 1.165) is 18.6 Å². The van der Waals surface area contributed by atoms with E-state index in [9.17, 15) is 13.6 Å². The van der Waals surface area contributed by atoms with E-state index in [0.29, 0.717) is 18.8 Å². The fraction of sp³-hybridized carbons (Fsp3) is 0.533. The minimum Gasteiger partial charge on any atom is -0.444 e. The van der Waals surface area contributed by atoms with Crippen molar-refractivity contribution in [1.82, 2.24) is 4.90 Å². The number of hydrogen-bond acceptors (Lipinski definition) is 3. The summed E-state index contributed by atoms with van der Waals surface area (Å²) in [6.07, 6.45) is 0.384. The average Bonchev–Trinajstić information content (AvgIpc) is 2.80. The third-order valence-corrected chi connectivity index (χ3v) is 3.13. The molecule has 116 valence electrons. The van der Waals surface area contributed by atoms with Crippen LogP contribution in [0.3, 0.4) is 0 Å². The highest BCUT2D eigenvalue weighted by molar-refractivity contribution is 5.68. The molecule has 1 heterocycles. The molecular formula is C15H20F2N2O2. The monoisotopic (exact) mass is 298 g/mol. The maximum absolute atomic E-state index is 13.1. The van der Waals surface area contributed by atoms with Crippen molar-refractivity contribution in [2.75, 3.05) is 18.4 Å².